The fourth-order valence-electron chi connectivity index (χ4n) is 1.49. The summed E-state index contributed by atoms with van der Waals surface area (Å²) in [6, 6.07) is 7.22. The maximum atomic E-state index is 11.5. The van der Waals surface area contributed by atoms with Crippen LogP contribution >= 0.6 is 0 Å². The van der Waals surface area contributed by atoms with Crippen LogP contribution in [0.5, 0.6) is 0 Å². The number of amides is 2. The first-order valence-corrected chi connectivity index (χ1v) is 5.95. The van der Waals surface area contributed by atoms with Crippen LogP contribution in [0.1, 0.15) is 18.9 Å². The molecule has 0 aliphatic carbocycles. The lowest BCUT2D eigenvalue weighted by Gasteiger charge is -2.06. The fourth-order valence-corrected chi connectivity index (χ4v) is 1.49. The van der Waals surface area contributed by atoms with Crippen molar-refractivity contribution in [3.63, 3.8) is 0 Å². The Morgan fingerprint density at radius 1 is 1.22 bits per heavy atom. The zero-order valence-corrected chi connectivity index (χ0v) is 10.5. The SMILES string of the molecule is CC(=O)Nc1ccc(CC(=O)NCCCN)cc1. The van der Waals surface area contributed by atoms with Crippen molar-refractivity contribution in [3.8, 4) is 0 Å². The van der Waals surface area contributed by atoms with Crippen molar-refractivity contribution in [2.45, 2.75) is 19.8 Å². The van der Waals surface area contributed by atoms with Crippen LogP contribution in [0.25, 0.3) is 0 Å². The van der Waals surface area contributed by atoms with Crippen molar-refractivity contribution in [3.05, 3.63) is 29.8 Å². The van der Waals surface area contributed by atoms with Gasteiger partial charge in [-0.15, -0.1) is 0 Å². The summed E-state index contributed by atoms with van der Waals surface area (Å²) < 4.78 is 0. The summed E-state index contributed by atoms with van der Waals surface area (Å²) in [5, 5.41) is 5.46. The van der Waals surface area contributed by atoms with E-state index in [1.165, 1.54) is 6.92 Å². The average Bonchev–Trinajstić information content (AvgIpc) is 2.31. The van der Waals surface area contributed by atoms with E-state index in [0.29, 0.717) is 19.5 Å². The highest BCUT2D eigenvalue weighted by Gasteiger charge is 2.03. The van der Waals surface area contributed by atoms with E-state index >= 15 is 0 Å². The Hall–Kier alpha value is -1.88. The Balaban J connectivity index is 2.43. The van der Waals surface area contributed by atoms with Crippen molar-refractivity contribution in [2.24, 2.45) is 5.73 Å². The highest BCUT2D eigenvalue weighted by atomic mass is 16.2. The second-order valence-electron chi connectivity index (χ2n) is 4.05. The molecule has 1 rings (SSSR count). The highest BCUT2D eigenvalue weighted by Crippen LogP contribution is 2.09. The van der Waals surface area contributed by atoms with Gasteiger partial charge in [0, 0.05) is 19.2 Å². The molecule has 18 heavy (non-hydrogen) atoms. The van der Waals surface area contributed by atoms with Gasteiger partial charge >= 0.3 is 0 Å². The minimum absolute atomic E-state index is 0.0178. The molecule has 0 radical (unpaired) electrons. The summed E-state index contributed by atoms with van der Waals surface area (Å²) >= 11 is 0. The number of anilines is 1. The van der Waals surface area contributed by atoms with Crippen molar-refractivity contribution in [1.29, 1.82) is 0 Å². The molecule has 0 saturated carbocycles. The van der Waals surface area contributed by atoms with Crippen molar-refractivity contribution >= 4 is 17.5 Å². The summed E-state index contributed by atoms with van der Waals surface area (Å²) in [6.45, 7) is 2.64. The Labute approximate surface area is 107 Å². The zero-order chi connectivity index (χ0) is 13.4. The molecule has 98 valence electrons. The van der Waals surface area contributed by atoms with Gasteiger partial charge in [0.2, 0.25) is 11.8 Å². The van der Waals surface area contributed by atoms with Gasteiger partial charge < -0.3 is 16.4 Å². The van der Waals surface area contributed by atoms with Gasteiger partial charge in [-0.1, -0.05) is 12.1 Å². The molecule has 1 aromatic carbocycles. The Bertz CT molecular complexity index is 401. The first kappa shape index (κ1) is 14.2. The predicted molar refractivity (Wildman–Crippen MR) is 71.1 cm³/mol. The van der Waals surface area contributed by atoms with E-state index in [0.717, 1.165) is 17.7 Å². The zero-order valence-electron chi connectivity index (χ0n) is 10.5. The van der Waals surface area contributed by atoms with Crippen molar-refractivity contribution in [2.75, 3.05) is 18.4 Å². The summed E-state index contributed by atoms with van der Waals surface area (Å²) in [7, 11) is 0. The molecule has 1 aromatic rings. The molecule has 0 aliphatic rings. The third-order valence-electron chi connectivity index (χ3n) is 2.34. The molecule has 0 aliphatic heterocycles. The molecule has 0 spiro atoms. The number of hydrogen-bond acceptors (Lipinski definition) is 3. The second-order valence-corrected chi connectivity index (χ2v) is 4.05. The molecule has 0 unspecified atom stereocenters. The standard InChI is InChI=1S/C13H19N3O2/c1-10(17)16-12-5-3-11(4-6-12)9-13(18)15-8-2-7-14/h3-6H,2,7-9,14H2,1H3,(H,15,18)(H,16,17). The number of carbonyl (C=O) groups excluding carboxylic acids is 2. The molecule has 2 amide bonds. The largest absolute Gasteiger partial charge is 0.356 e. The molecule has 5 nitrogen and oxygen atoms in total. The lowest BCUT2D eigenvalue weighted by atomic mass is 10.1. The minimum atomic E-state index is -0.109. The number of carbonyl (C=O) groups is 2. The minimum Gasteiger partial charge on any atom is -0.356 e. The molecule has 0 heterocycles. The van der Waals surface area contributed by atoms with E-state index in [4.69, 9.17) is 5.73 Å². The molecular formula is C13H19N3O2. The monoisotopic (exact) mass is 249 g/mol. The third kappa shape index (κ3) is 5.45. The summed E-state index contributed by atoms with van der Waals surface area (Å²) in [6.07, 6.45) is 1.12. The van der Waals surface area contributed by atoms with E-state index in [9.17, 15) is 9.59 Å². The van der Waals surface area contributed by atoms with Gasteiger partial charge in [0.1, 0.15) is 0 Å². The van der Waals surface area contributed by atoms with Gasteiger partial charge in [-0.25, -0.2) is 0 Å². The van der Waals surface area contributed by atoms with Gasteiger partial charge in [-0.05, 0) is 30.7 Å². The predicted octanol–water partition coefficient (Wildman–Crippen LogP) is 0.653. The van der Waals surface area contributed by atoms with Crippen LogP contribution in [0, 0.1) is 0 Å². The first-order chi connectivity index (χ1) is 8.61. The van der Waals surface area contributed by atoms with E-state index in [-0.39, 0.29) is 11.8 Å². The lowest BCUT2D eigenvalue weighted by molar-refractivity contribution is -0.120. The van der Waals surface area contributed by atoms with E-state index in [1.807, 2.05) is 12.1 Å². The molecule has 0 bridgehead atoms. The second kappa shape index (κ2) is 7.45. The molecule has 5 heteroatoms. The van der Waals surface area contributed by atoms with Crippen LogP contribution in [0.3, 0.4) is 0 Å². The van der Waals surface area contributed by atoms with Gasteiger partial charge in [0.25, 0.3) is 0 Å². The third-order valence-corrected chi connectivity index (χ3v) is 2.34. The summed E-state index contributed by atoms with van der Waals surface area (Å²) in [4.78, 5) is 22.4. The highest BCUT2D eigenvalue weighted by molar-refractivity contribution is 5.88. The molecule has 0 atom stereocenters. The molecule has 0 aromatic heterocycles. The van der Waals surface area contributed by atoms with Crippen molar-refractivity contribution < 1.29 is 9.59 Å². The van der Waals surface area contributed by atoms with Crippen LogP contribution in [0.2, 0.25) is 0 Å². The fraction of sp³-hybridized carbons (Fsp3) is 0.385. The molecule has 4 N–H and O–H groups in total. The maximum Gasteiger partial charge on any atom is 0.224 e. The van der Waals surface area contributed by atoms with Gasteiger partial charge in [0.15, 0.2) is 0 Å². The average molecular weight is 249 g/mol. The summed E-state index contributed by atoms with van der Waals surface area (Å²) in [5.41, 5.74) is 6.98. The first-order valence-electron chi connectivity index (χ1n) is 5.95. The Morgan fingerprint density at radius 2 is 1.89 bits per heavy atom. The lowest BCUT2D eigenvalue weighted by Crippen LogP contribution is -2.27. The maximum absolute atomic E-state index is 11.5. The van der Waals surface area contributed by atoms with E-state index in [2.05, 4.69) is 10.6 Å². The number of nitrogens with one attached hydrogen (secondary N) is 2. The number of rotatable bonds is 6. The van der Waals surface area contributed by atoms with Crippen LogP contribution in [-0.2, 0) is 16.0 Å². The van der Waals surface area contributed by atoms with Gasteiger partial charge in [-0.3, -0.25) is 9.59 Å². The van der Waals surface area contributed by atoms with Gasteiger partial charge in [0.05, 0.1) is 6.42 Å². The van der Waals surface area contributed by atoms with Crippen LogP contribution < -0.4 is 16.4 Å². The molecule has 0 saturated heterocycles. The number of hydrogen-bond donors (Lipinski definition) is 3. The quantitative estimate of drug-likeness (QED) is 0.647. The van der Waals surface area contributed by atoms with Crippen LogP contribution in [-0.4, -0.2) is 24.9 Å². The molecule has 0 fully saturated rings. The Kier molecular flexibility index (Phi) is 5.87. The van der Waals surface area contributed by atoms with E-state index in [1.54, 1.807) is 12.1 Å². The molecular weight excluding hydrogens is 230 g/mol. The van der Waals surface area contributed by atoms with Gasteiger partial charge in [-0.2, -0.15) is 0 Å². The van der Waals surface area contributed by atoms with Crippen LogP contribution in [0.15, 0.2) is 24.3 Å². The van der Waals surface area contributed by atoms with Crippen LogP contribution in [0.4, 0.5) is 5.69 Å². The van der Waals surface area contributed by atoms with Crippen molar-refractivity contribution in [1.82, 2.24) is 5.32 Å². The topological polar surface area (TPSA) is 84.2 Å². The van der Waals surface area contributed by atoms with E-state index < -0.39 is 0 Å². The number of benzene rings is 1. The Morgan fingerprint density at radius 3 is 2.44 bits per heavy atom. The number of nitrogens with two attached hydrogens (primary N) is 1. The summed E-state index contributed by atoms with van der Waals surface area (Å²) in [5.74, 6) is -0.127. The normalized spacial score (nSPS) is 9.89. The smallest absolute Gasteiger partial charge is 0.224 e.